The number of para-hydroxylation sites is 1. The van der Waals surface area contributed by atoms with Gasteiger partial charge in [0, 0.05) is 24.5 Å². The van der Waals surface area contributed by atoms with E-state index in [9.17, 15) is 0 Å². The molecule has 19 heavy (non-hydrogen) atoms. The van der Waals surface area contributed by atoms with E-state index in [0.717, 1.165) is 17.1 Å². The second-order valence-electron chi connectivity index (χ2n) is 4.00. The summed E-state index contributed by atoms with van der Waals surface area (Å²) in [6, 6.07) is 7.66. The molecule has 0 amide bonds. The van der Waals surface area contributed by atoms with Crippen LogP contribution in [-0.2, 0) is 13.1 Å². The van der Waals surface area contributed by atoms with Crippen LogP contribution in [0.5, 0.6) is 11.5 Å². The quantitative estimate of drug-likeness (QED) is 0.825. The molecule has 0 radical (unpaired) electrons. The molecule has 0 bridgehead atoms. The van der Waals surface area contributed by atoms with Gasteiger partial charge < -0.3 is 15.2 Å². The third-order valence-corrected chi connectivity index (χ3v) is 2.71. The summed E-state index contributed by atoms with van der Waals surface area (Å²) in [4.78, 5) is 0. The second kappa shape index (κ2) is 6.80. The zero-order valence-electron chi connectivity index (χ0n) is 11.1. The minimum Gasteiger partial charge on any atom is -0.490 e. The van der Waals surface area contributed by atoms with Crippen molar-refractivity contribution in [2.45, 2.75) is 20.0 Å². The van der Waals surface area contributed by atoms with Gasteiger partial charge in [-0.1, -0.05) is 12.1 Å². The van der Waals surface area contributed by atoms with Crippen LogP contribution in [0.25, 0.3) is 0 Å². The van der Waals surface area contributed by atoms with Crippen molar-refractivity contribution in [2.24, 2.45) is 5.73 Å². The largest absolute Gasteiger partial charge is 0.490 e. The molecular formula is C14H19N3O2. The lowest BCUT2D eigenvalue weighted by Gasteiger charge is -2.15. The Kier molecular flexibility index (Phi) is 4.80. The number of aromatic nitrogens is 2. The molecule has 1 aromatic heterocycles. The van der Waals surface area contributed by atoms with Gasteiger partial charge in [-0.05, 0) is 19.1 Å². The van der Waals surface area contributed by atoms with E-state index in [2.05, 4.69) is 5.10 Å². The molecule has 0 saturated heterocycles. The second-order valence-corrected chi connectivity index (χ2v) is 4.00. The van der Waals surface area contributed by atoms with Crippen LogP contribution in [0.2, 0.25) is 0 Å². The first-order chi connectivity index (χ1) is 9.35. The lowest BCUT2D eigenvalue weighted by atomic mass is 10.2. The van der Waals surface area contributed by atoms with Crippen LogP contribution in [0.1, 0.15) is 12.5 Å². The normalized spacial score (nSPS) is 10.4. The van der Waals surface area contributed by atoms with Gasteiger partial charge in [-0.25, -0.2) is 0 Å². The van der Waals surface area contributed by atoms with Gasteiger partial charge in [0.15, 0.2) is 11.5 Å². The molecule has 0 fully saturated rings. The summed E-state index contributed by atoms with van der Waals surface area (Å²) in [5.74, 6) is 1.48. The average Bonchev–Trinajstić information content (AvgIpc) is 2.93. The van der Waals surface area contributed by atoms with Crippen molar-refractivity contribution >= 4 is 0 Å². The molecule has 0 spiro atoms. The standard InChI is InChI=1S/C14H19N3O2/c1-2-18-13-6-3-5-12(11-15)14(13)19-10-9-17-8-4-7-16-17/h3-8H,2,9-11,15H2,1H3. The third kappa shape index (κ3) is 3.48. The maximum Gasteiger partial charge on any atom is 0.165 e. The monoisotopic (exact) mass is 261 g/mol. The number of hydrogen-bond donors (Lipinski definition) is 1. The molecule has 0 aliphatic rings. The first-order valence-electron chi connectivity index (χ1n) is 6.40. The summed E-state index contributed by atoms with van der Waals surface area (Å²) in [5.41, 5.74) is 6.68. The topological polar surface area (TPSA) is 62.3 Å². The highest BCUT2D eigenvalue weighted by atomic mass is 16.5. The van der Waals surface area contributed by atoms with Crippen LogP contribution in [0.3, 0.4) is 0 Å². The lowest BCUT2D eigenvalue weighted by molar-refractivity contribution is 0.260. The fraction of sp³-hybridized carbons (Fsp3) is 0.357. The summed E-state index contributed by atoms with van der Waals surface area (Å²) in [6.07, 6.45) is 3.65. The van der Waals surface area contributed by atoms with Crippen LogP contribution in [0.4, 0.5) is 0 Å². The van der Waals surface area contributed by atoms with Crippen LogP contribution >= 0.6 is 0 Å². The molecule has 1 heterocycles. The van der Waals surface area contributed by atoms with Crippen molar-refractivity contribution in [1.82, 2.24) is 9.78 Å². The fourth-order valence-corrected chi connectivity index (χ4v) is 1.83. The highest BCUT2D eigenvalue weighted by Crippen LogP contribution is 2.31. The predicted octanol–water partition coefficient (Wildman–Crippen LogP) is 1.82. The van der Waals surface area contributed by atoms with E-state index >= 15 is 0 Å². The molecule has 0 unspecified atom stereocenters. The number of nitrogens with two attached hydrogens (primary N) is 1. The Morgan fingerprint density at radius 1 is 1.26 bits per heavy atom. The molecule has 2 aromatic rings. The number of hydrogen-bond acceptors (Lipinski definition) is 4. The third-order valence-electron chi connectivity index (χ3n) is 2.71. The highest BCUT2D eigenvalue weighted by Gasteiger charge is 2.09. The Balaban J connectivity index is 2.04. The van der Waals surface area contributed by atoms with Gasteiger partial charge in [0.05, 0.1) is 13.2 Å². The molecule has 2 rings (SSSR count). The van der Waals surface area contributed by atoms with Crippen molar-refractivity contribution in [3.8, 4) is 11.5 Å². The zero-order chi connectivity index (χ0) is 13.5. The Labute approximate surface area is 112 Å². The Morgan fingerprint density at radius 2 is 2.16 bits per heavy atom. The van der Waals surface area contributed by atoms with Gasteiger partial charge in [-0.15, -0.1) is 0 Å². The van der Waals surface area contributed by atoms with E-state index in [1.807, 2.05) is 42.1 Å². The maximum atomic E-state index is 5.82. The Bertz CT molecular complexity index is 497. The number of benzene rings is 1. The van der Waals surface area contributed by atoms with E-state index in [1.165, 1.54) is 0 Å². The fourth-order valence-electron chi connectivity index (χ4n) is 1.83. The Hall–Kier alpha value is -2.01. The van der Waals surface area contributed by atoms with E-state index in [0.29, 0.717) is 26.3 Å². The van der Waals surface area contributed by atoms with E-state index in [4.69, 9.17) is 15.2 Å². The molecule has 5 heteroatoms. The molecule has 102 valence electrons. The van der Waals surface area contributed by atoms with Gasteiger partial charge in [0.2, 0.25) is 0 Å². The average molecular weight is 261 g/mol. The van der Waals surface area contributed by atoms with Gasteiger partial charge in [0.1, 0.15) is 6.61 Å². The number of ether oxygens (including phenoxy) is 2. The van der Waals surface area contributed by atoms with Crippen LogP contribution in [0, 0.1) is 0 Å². The summed E-state index contributed by atoms with van der Waals surface area (Å²) in [6.45, 7) is 4.19. The van der Waals surface area contributed by atoms with Crippen molar-refractivity contribution < 1.29 is 9.47 Å². The maximum absolute atomic E-state index is 5.82. The molecule has 0 aliphatic heterocycles. The minimum absolute atomic E-state index is 0.429. The van der Waals surface area contributed by atoms with Gasteiger partial charge in [-0.2, -0.15) is 5.10 Å². The van der Waals surface area contributed by atoms with Crippen LogP contribution < -0.4 is 15.2 Å². The van der Waals surface area contributed by atoms with Gasteiger partial charge in [-0.3, -0.25) is 4.68 Å². The van der Waals surface area contributed by atoms with Crippen molar-refractivity contribution in [3.05, 3.63) is 42.2 Å². The molecule has 0 saturated carbocycles. The molecular weight excluding hydrogens is 242 g/mol. The zero-order valence-corrected chi connectivity index (χ0v) is 11.1. The summed E-state index contributed by atoms with van der Waals surface area (Å²) >= 11 is 0. The molecule has 5 nitrogen and oxygen atoms in total. The first-order valence-corrected chi connectivity index (χ1v) is 6.40. The lowest BCUT2D eigenvalue weighted by Crippen LogP contribution is -2.11. The number of rotatable bonds is 7. The van der Waals surface area contributed by atoms with Crippen molar-refractivity contribution in [3.63, 3.8) is 0 Å². The summed E-state index contributed by atoms with van der Waals surface area (Å²) in [5, 5.41) is 4.13. The number of nitrogens with zero attached hydrogens (tertiary/aromatic N) is 2. The molecule has 0 aliphatic carbocycles. The van der Waals surface area contributed by atoms with Crippen LogP contribution in [0.15, 0.2) is 36.7 Å². The van der Waals surface area contributed by atoms with E-state index < -0.39 is 0 Å². The van der Waals surface area contributed by atoms with Crippen LogP contribution in [-0.4, -0.2) is 23.0 Å². The first kappa shape index (κ1) is 13.4. The smallest absolute Gasteiger partial charge is 0.165 e. The summed E-state index contributed by atoms with van der Waals surface area (Å²) in [7, 11) is 0. The molecule has 2 N–H and O–H groups in total. The van der Waals surface area contributed by atoms with E-state index in [1.54, 1.807) is 6.20 Å². The van der Waals surface area contributed by atoms with Crippen molar-refractivity contribution in [2.75, 3.05) is 13.2 Å². The summed E-state index contributed by atoms with van der Waals surface area (Å²) < 4.78 is 13.2. The SMILES string of the molecule is CCOc1cccc(CN)c1OCCn1cccn1. The highest BCUT2D eigenvalue weighted by molar-refractivity contribution is 5.46. The molecule has 0 atom stereocenters. The van der Waals surface area contributed by atoms with E-state index in [-0.39, 0.29) is 0 Å². The molecule has 1 aromatic carbocycles. The van der Waals surface area contributed by atoms with Gasteiger partial charge in [0.25, 0.3) is 0 Å². The Morgan fingerprint density at radius 3 is 2.84 bits per heavy atom. The van der Waals surface area contributed by atoms with Gasteiger partial charge >= 0.3 is 0 Å². The van der Waals surface area contributed by atoms with Crippen molar-refractivity contribution in [1.29, 1.82) is 0 Å². The predicted molar refractivity (Wildman–Crippen MR) is 73.2 cm³/mol. The minimum atomic E-state index is 0.429.